The molecule has 2 nitrogen and oxygen atoms in total. The molecule has 0 spiro atoms. The van der Waals surface area contributed by atoms with E-state index >= 15 is 0 Å². The van der Waals surface area contributed by atoms with Crippen LogP contribution in [0.15, 0.2) is 48.0 Å². The molecule has 0 bridgehead atoms. The fraction of sp³-hybridized carbons (Fsp3) is 0.222. The first-order chi connectivity index (χ1) is 11.1. The van der Waals surface area contributed by atoms with Gasteiger partial charge in [0, 0.05) is 5.56 Å². The lowest BCUT2D eigenvalue weighted by atomic mass is 9.90. The number of benzene rings is 2. The van der Waals surface area contributed by atoms with Gasteiger partial charge in [-0.05, 0) is 53.5 Å². The minimum atomic E-state index is -2.89. The first-order valence-electron chi connectivity index (χ1n) is 7.28. The summed E-state index contributed by atoms with van der Waals surface area (Å²) < 4.78 is 48.3. The van der Waals surface area contributed by atoms with Crippen molar-refractivity contribution in [1.29, 1.82) is 0 Å². The zero-order chi connectivity index (χ0) is 16.4. The molecule has 0 aromatic heterocycles. The predicted octanol–water partition coefficient (Wildman–Crippen LogP) is 5.03. The molecule has 0 N–H and O–H groups in total. The van der Waals surface area contributed by atoms with Crippen molar-refractivity contribution in [1.82, 2.24) is 0 Å². The Morgan fingerprint density at radius 2 is 1.87 bits per heavy atom. The Bertz CT molecular complexity index is 736. The number of alkyl halides is 2. The summed E-state index contributed by atoms with van der Waals surface area (Å²) >= 11 is 0. The third-order valence-electron chi connectivity index (χ3n) is 3.76. The smallest absolute Gasteiger partial charge is 0.387 e. The molecular weight excluding hydrogens is 305 g/mol. The van der Waals surface area contributed by atoms with Crippen LogP contribution in [0.2, 0.25) is 0 Å². The van der Waals surface area contributed by atoms with Crippen molar-refractivity contribution in [3.63, 3.8) is 0 Å². The van der Waals surface area contributed by atoms with Gasteiger partial charge >= 0.3 is 6.61 Å². The second kappa shape index (κ2) is 6.36. The standard InChI is InChI=1S/C18H15F3O2/c1-2-11-10-22-16-8-7-14(23-18(20)21)9-15(16)17(11)12-3-5-13(19)6-4-12/h3-9,18H,2,10H2,1H3. The van der Waals surface area contributed by atoms with Gasteiger partial charge in [0.05, 0.1) is 0 Å². The summed E-state index contributed by atoms with van der Waals surface area (Å²) in [6.07, 6.45) is 0.742. The van der Waals surface area contributed by atoms with E-state index in [2.05, 4.69) is 4.74 Å². The van der Waals surface area contributed by atoms with E-state index in [0.29, 0.717) is 17.9 Å². The van der Waals surface area contributed by atoms with E-state index < -0.39 is 6.61 Å². The quantitative estimate of drug-likeness (QED) is 0.786. The average molecular weight is 320 g/mol. The second-order valence-electron chi connectivity index (χ2n) is 5.16. The van der Waals surface area contributed by atoms with E-state index in [4.69, 9.17) is 4.74 Å². The molecule has 2 aromatic rings. The summed E-state index contributed by atoms with van der Waals surface area (Å²) in [6.45, 7) is -0.473. The molecule has 1 aliphatic heterocycles. The van der Waals surface area contributed by atoms with Crippen LogP contribution in [0.4, 0.5) is 13.2 Å². The second-order valence-corrected chi connectivity index (χ2v) is 5.16. The van der Waals surface area contributed by atoms with Crippen molar-refractivity contribution in [2.45, 2.75) is 20.0 Å². The van der Waals surface area contributed by atoms with Crippen LogP contribution in [0.3, 0.4) is 0 Å². The highest BCUT2D eigenvalue weighted by Crippen LogP contribution is 2.40. The molecule has 0 atom stereocenters. The molecule has 0 amide bonds. The van der Waals surface area contributed by atoms with Crippen LogP contribution in [0.5, 0.6) is 11.5 Å². The van der Waals surface area contributed by atoms with Crippen LogP contribution in [0, 0.1) is 5.82 Å². The van der Waals surface area contributed by atoms with Gasteiger partial charge in [0.1, 0.15) is 23.9 Å². The van der Waals surface area contributed by atoms with Crippen molar-refractivity contribution in [3.05, 3.63) is 65.0 Å². The maximum Gasteiger partial charge on any atom is 0.387 e. The van der Waals surface area contributed by atoms with Crippen LogP contribution in [0.1, 0.15) is 24.5 Å². The summed E-state index contributed by atoms with van der Waals surface area (Å²) in [5.74, 6) is 0.344. The molecular formula is C18H15F3O2. The number of rotatable bonds is 4. The molecule has 0 saturated heterocycles. The third-order valence-corrected chi connectivity index (χ3v) is 3.76. The highest BCUT2D eigenvalue weighted by Gasteiger charge is 2.22. The summed E-state index contributed by atoms with van der Waals surface area (Å²) in [5.41, 5.74) is 3.41. The Morgan fingerprint density at radius 3 is 2.52 bits per heavy atom. The van der Waals surface area contributed by atoms with Gasteiger partial charge in [-0.15, -0.1) is 0 Å². The van der Waals surface area contributed by atoms with Crippen molar-refractivity contribution < 1.29 is 22.6 Å². The lowest BCUT2D eigenvalue weighted by molar-refractivity contribution is -0.0498. The van der Waals surface area contributed by atoms with Gasteiger partial charge in [-0.25, -0.2) is 4.39 Å². The molecule has 23 heavy (non-hydrogen) atoms. The fourth-order valence-corrected chi connectivity index (χ4v) is 2.69. The number of hydrogen-bond donors (Lipinski definition) is 0. The van der Waals surface area contributed by atoms with Gasteiger partial charge in [0.2, 0.25) is 0 Å². The van der Waals surface area contributed by atoms with Gasteiger partial charge in [-0.1, -0.05) is 19.1 Å². The summed E-state index contributed by atoms with van der Waals surface area (Å²) in [6, 6.07) is 10.7. The number of halogens is 3. The number of ether oxygens (including phenoxy) is 2. The summed E-state index contributed by atoms with van der Waals surface area (Å²) in [7, 11) is 0. The van der Waals surface area contributed by atoms with Crippen LogP contribution in [0.25, 0.3) is 5.57 Å². The molecule has 2 aromatic carbocycles. The van der Waals surface area contributed by atoms with Gasteiger partial charge in [-0.2, -0.15) is 8.78 Å². The molecule has 0 aliphatic carbocycles. The molecule has 1 aliphatic rings. The fourth-order valence-electron chi connectivity index (χ4n) is 2.69. The zero-order valence-corrected chi connectivity index (χ0v) is 12.5. The molecule has 0 unspecified atom stereocenters. The lowest BCUT2D eigenvalue weighted by Gasteiger charge is -2.24. The number of hydrogen-bond acceptors (Lipinski definition) is 2. The highest BCUT2D eigenvalue weighted by molar-refractivity contribution is 5.86. The maximum atomic E-state index is 13.2. The van der Waals surface area contributed by atoms with E-state index in [1.807, 2.05) is 6.92 Å². The Labute approximate surface area is 132 Å². The van der Waals surface area contributed by atoms with Crippen LogP contribution < -0.4 is 9.47 Å². The average Bonchev–Trinajstić information content (AvgIpc) is 2.54. The Balaban J connectivity index is 2.12. The summed E-state index contributed by atoms with van der Waals surface area (Å²) in [5, 5.41) is 0. The van der Waals surface area contributed by atoms with E-state index in [0.717, 1.165) is 23.1 Å². The highest BCUT2D eigenvalue weighted by atomic mass is 19.3. The predicted molar refractivity (Wildman–Crippen MR) is 81.3 cm³/mol. The molecule has 0 radical (unpaired) electrons. The van der Waals surface area contributed by atoms with E-state index in [1.165, 1.54) is 24.3 Å². The Morgan fingerprint density at radius 1 is 1.13 bits per heavy atom. The molecule has 3 rings (SSSR count). The number of fused-ring (bicyclic) bond motifs is 1. The SMILES string of the molecule is CCC1=C(c2ccc(F)cc2)c2cc(OC(F)F)ccc2OC1. The zero-order valence-electron chi connectivity index (χ0n) is 12.5. The largest absolute Gasteiger partial charge is 0.489 e. The lowest BCUT2D eigenvalue weighted by Crippen LogP contribution is -2.12. The molecule has 5 heteroatoms. The topological polar surface area (TPSA) is 18.5 Å². The van der Waals surface area contributed by atoms with E-state index in [9.17, 15) is 13.2 Å². The maximum absolute atomic E-state index is 13.2. The minimum absolute atomic E-state index is 0.0688. The molecule has 1 heterocycles. The third kappa shape index (κ3) is 3.18. The molecule has 120 valence electrons. The summed E-state index contributed by atoms with van der Waals surface area (Å²) in [4.78, 5) is 0. The molecule has 0 fully saturated rings. The van der Waals surface area contributed by atoms with Gasteiger partial charge < -0.3 is 9.47 Å². The van der Waals surface area contributed by atoms with E-state index in [-0.39, 0.29) is 11.6 Å². The van der Waals surface area contributed by atoms with Crippen molar-refractivity contribution in [3.8, 4) is 11.5 Å². The molecule has 0 saturated carbocycles. The first kappa shape index (κ1) is 15.5. The Hall–Kier alpha value is -2.43. The normalized spacial score (nSPS) is 13.8. The first-order valence-corrected chi connectivity index (χ1v) is 7.28. The van der Waals surface area contributed by atoms with Gasteiger partial charge in [0.25, 0.3) is 0 Å². The Kier molecular flexibility index (Phi) is 4.28. The minimum Gasteiger partial charge on any atom is -0.489 e. The van der Waals surface area contributed by atoms with Gasteiger partial charge in [-0.3, -0.25) is 0 Å². The van der Waals surface area contributed by atoms with Crippen LogP contribution in [-0.4, -0.2) is 13.2 Å². The van der Waals surface area contributed by atoms with Gasteiger partial charge in [0.15, 0.2) is 0 Å². The van der Waals surface area contributed by atoms with E-state index in [1.54, 1.807) is 18.2 Å². The van der Waals surface area contributed by atoms with Crippen LogP contribution >= 0.6 is 0 Å². The van der Waals surface area contributed by atoms with Crippen molar-refractivity contribution in [2.24, 2.45) is 0 Å². The van der Waals surface area contributed by atoms with Crippen molar-refractivity contribution >= 4 is 5.57 Å². The monoisotopic (exact) mass is 320 g/mol. The van der Waals surface area contributed by atoms with Crippen molar-refractivity contribution in [2.75, 3.05) is 6.61 Å². The van der Waals surface area contributed by atoms with Crippen LogP contribution in [-0.2, 0) is 0 Å².